The molecule has 1 heterocycles. The zero-order chi connectivity index (χ0) is 14.4. The molecule has 4 heteroatoms. The Hall–Kier alpha value is -1.29. The molecule has 0 saturated heterocycles. The monoisotopic (exact) mass is 265 g/mol. The summed E-state index contributed by atoms with van der Waals surface area (Å²) in [5.74, 6) is 0.338. The lowest BCUT2D eigenvalue weighted by atomic mass is 10.0. The van der Waals surface area contributed by atoms with E-state index in [1.54, 1.807) is 13.0 Å². The minimum absolute atomic E-state index is 0.0152. The molecular formula is C15H23NO3. The number of aryl methyl sites for hydroxylation is 1. The van der Waals surface area contributed by atoms with Crippen LogP contribution >= 0.6 is 0 Å². The number of rotatable bonds is 5. The maximum absolute atomic E-state index is 10.8. The molecule has 1 fully saturated rings. The first-order chi connectivity index (χ1) is 8.68. The lowest BCUT2D eigenvalue weighted by Crippen LogP contribution is -2.19. The topological polar surface area (TPSA) is 62.5 Å². The van der Waals surface area contributed by atoms with E-state index in [1.807, 2.05) is 0 Å². The minimum Gasteiger partial charge on any atom is -0.475 e. The van der Waals surface area contributed by atoms with E-state index in [0.717, 1.165) is 12.1 Å². The number of carbonyl (C=O) groups is 1. The molecular weight excluding hydrogens is 242 g/mol. The summed E-state index contributed by atoms with van der Waals surface area (Å²) < 4.78 is 5.19. The van der Waals surface area contributed by atoms with Crippen LogP contribution in [0.3, 0.4) is 0 Å². The van der Waals surface area contributed by atoms with Gasteiger partial charge in [-0.05, 0) is 36.3 Å². The Balaban J connectivity index is 1.89. The summed E-state index contributed by atoms with van der Waals surface area (Å²) in [6.45, 7) is 12.6. The molecule has 2 N–H and O–H groups in total. The molecule has 0 aromatic carbocycles. The average Bonchev–Trinajstić information content (AvgIpc) is 2.62. The van der Waals surface area contributed by atoms with Crippen molar-refractivity contribution in [1.82, 2.24) is 5.32 Å². The summed E-state index contributed by atoms with van der Waals surface area (Å²) in [4.78, 5) is 10.8. The number of hydrogen-bond acceptors (Lipinski definition) is 3. The first-order valence-electron chi connectivity index (χ1n) is 6.71. The predicted octanol–water partition coefficient (Wildman–Crippen LogP) is 3.06. The highest BCUT2D eigenvalue weighted by Crippen LogP contribution is 2.67. The largest absolute Gasteiger partial charge is 0.475 e. The second-order valence-electron chi connectivity index (χ2n) is 6.62. The van der Waals surface area contributed by atoms with Gasteiger partial charge in [-0.15, -0.1) is 0 Å². The molecule has 0 spiro atoms. The SMILES string of the molecule is Cc1oc(C(=O)O)cc1CNCC1C(C)(C)C1(C)C. The minimum atomic E-state index is -1.01. The predicted molar refractivity (Wildman–Crippen MR) is 73.2 cm³/mol. The van der Waals surface area contributed by atoms with E-state index in [2.05, 4.69) is 33.0 Å². The summed E-state index contributed by atoms with van der Waals surface area (Å²) in [5, 5.41) is 12.3. The van der Waals surface area contributed by atoms with E-state index in [0.29, 0.717) is 29.1 Å². The lowest BCUT2D eigenvalue weighted by molar-refractivity contribution is 0.0661. The van der Waals surface area contributed by atoms with Gasteiger partial charge < -0.3 is 14.8 Å². The van der Waals surface area contributed by atoms with E-state index < -0.39 is 5.97 Å². The van der Waals surface area contributed by atoms with Crippen LogP contribution in [0.4, 0.5) is 0 Å². The molecule has 0 radical (unpaired) electrons. The van der Waals surface area contributed by atoms with E-state index in [-0.39, 0.29) is 5.76 Å². The van der Waals surface area contributed by atoms with E-state index in [9.17, 15) is 4.79 Å². The van der Waals surface area contributed by atoms with Crippen molar-refractivity contribution in [1.29, 1.82) is 0 Å². The van der Waals surface area contributed by atoms with Crippen LogP contribution in [-0.4, -0.2) is 17.6 Å². The molecule has 0 amide bonds. The lowest BCUT2D eigenvalue weighted by Gasteiger charge is -2.05. The van der Waals surface area contributed by atoms with Crippen LogP contribution in [0, 0.1) is 23.7 Å². The van der Waals surface area contributed by atoms with Crippen LogP contribution in [0.2, 0.25) is 0 Å². The molecule has 1 aromatic heterocycles. The Morgan fingerprint density at radius 2 is 1.95 bits per heavy atom. The highest BCUT2D eigenvalue weighted by atomic mass is 16.4. The highest BCUT2D eigenvalue weighted by molar-refractivity contribution is 5.84. The van der Waals surface area contributed by atoms with Crippen LogP contribution in [0.1, 0.15) is 49.6 Å². The standard InChI is InChI=1S/C15H23NO3/c1-9-10(6-11(19-9)13(17)18)7-16-8-12-14(2,3)15(12,4)5/h6,12,16H,7-8H2,1-5H3,(H,17,18). The van der Waals surface area contributed by atoms with Gasteiger partial charge >= 0.3 is 5.97 Å². The molecule has 0 bridgehead atoms. The van der Waals surface area contributed by atoms with Gasteiger partial charge in [0.2, 0.25) is 5.76 Å². The Bertz CT molecular complexity index is 485. The fraction of sp³-hybridized carbons (Fsp3) is 0.667. The second kappa shape index (κ2) is 4.37. The van der Waals surface area contributed by atoms with Gasteiger partial charge in [0.1, 0.15) is 5.76 Å². The molecule has 1 aliphatic carbocycles. The van der Waals surface area contributed by atoms with Crippen molar-refractivity contribution in [3.8, 4) is 0 Å². The average molecular weight is 265 g/mol. The molecule has 0 unspecified atom stereocenters. The first kappa shape index (κ1) is 14.1. The number of furan rings is 1. The molecule has 1 saturated carbocycles. The summed E-state index contributed by atoms with van der Waals surface area (Å²) in [6, 6.07) is 1.61. The Morgan fingerprint density at radius 1 is 1.37 bits per heavy atom. The van der Waals surface area contributed by atoms with Crippen molar-refractivity contribution in [2.45, 2.75) is 41.2 Å². The normalized spacial score (nSPS) is 20.5. The summed E-state index contributed by atoms with van der Waals surface area (Å²) in [7, 11) is 0. The third-order valence-electron chi connectivity index (χ3n) is 5.21. The van der Waals surface area contributed by atoms with Gasteiger partial charge in [-0.25, -0.2) is 4.79 Å². The van der Waals surface area contributed by atoms with Crippen molar-refractivity contribution in [2.75, 3.05) is 6.54 Å². The molecule has 4 nitrogen and oxygen atoms in total. The fourth-order valence-corrected chi connectivity index (χ4v) is 3.00. The van der Waals surface area contributed by atoms with Crippen molar-refractivity contribution < 1.29 is 14.3 Å². The smallest absolute Gasteiger partial charge is 0.371 e. The maximum Gasteiger partial charge on any atom is 0.371 e. The van der Waals surface area contributed by atoms with E-state index in [4.69, 9.17) is 9.52 Å². The third-order valence-corrected chi connectivity index (χ3v) is 5.21. The van der Waals surface area contributed by atoms with Gasteiger partial charge in [0.25, 0.3) is 0 Å². The second-order valence-corrected chi connectivity index (χ2v) is 6.62. The first-order valence-corrected chi connectivity index (χ1v) is 6.71. The van der Waals surface area contributed by atoms with Gasteiger partial charge in [0.15, 0.2) is 0 Å². The Labute approximate surface area is 114 Å². The van der Waals surface area contributed by atoms with Gasteiger partial charge in [-0.2, -0.15) is 0 Å². The van der Waals surface area contributed by atoms with Crippen LogP contribution < -0.4 is 5.32 Å². The molecule has 0 aliphatic heterocycles. The van der Waals surface area contributed by atoms with Crippen LogP contribution in [0.25, 0.3) is 0 Å². The number of carboxylic acid groups (broad SMARTS) is 1. The molecule has 1 aromatic rings. The van der Waals surface area contributed by atoms with Gasteiger partial charge in [-0.3, -0.25) is 0 Å². The molecule has 106 valence electrons. The van der Waals surface area contributed by atoms with Gasteiger partial charge in [-0.1, -0.05) is 27.7 Å². The summed E-state index contributed by atoms with van der Waals surface area (Å²) in [6.07, 6.45) is 0. The van der Waals surface area contributed by atoms with Crippen molar-refractivity contribution in [2.24, 2.45) is 16.7 Å². The van der Waals surface area contributed by atoms with Crippen LogP contribution in [-0.2, 0) is 6.54 Å². The summed E-state index contributed by atoms with van der Waals surface area (Å²) >= 11 is 0. The van der Waals surface area contributed by atoms with Crippen molar-refractivity contribution in [3.05, 3.63) is 23.2 Å². The van der Waals surface area contributed by atoms with Crippen LogP contribution in [0.5, 0.6) is 0 Å². The van der Waals surface area contributed by atoms with Crippen molar-refractivity contribution in [3.63, 3.8) is 0 Å². The molecule has 19 heavy (non-hydrogen) atoms. The van der Waals surface area contributed by atoms with Gasteiger partial charge in [0, 0.05) is 12.1 Å². The van der Waals surface area contributed by atoms with Crippen molar-refractivity contribution >= 4 is 5.97 Å². The number of nitrogens with one attached hydrogen (secondary N) is 1. The summed E-state index contributed by atoms with van der Waals surface area (Å²) in [5.41, 5.74) is 1.67. The number of carboxylic acids is 1. The highest BCUT2D eigenvalue weighted by Gasteiger charge is 2.63. The molecule has 2 rings (SSSR count). The van der Waals surface area contributed by atoms with E-state index >= 15 is 0 Å². The maximum atomic E-state index is 10.8. The third kappa shape index (κ3) is 2.29. The number of aromatic carboxylic acids is 1. The quantitative estimate of drug-likeness (QED) is 0.859. The van der Waals surface area contributed by atoms with Gasteiger partial charge in [0.05, 0.1) is 0 Å². The fourth-order valence-electron chi connectivity index (χ4n) is 3.00. The number of hydrogen-bond donors (Lipinski definition) is 2. The van der Waals surface area contributed by atoms with E-state index in [1.165, 1.54) is 0 Å². The zero-order valence-electron chi connectivity index (χ0n) is 12.3. The van der Waals surface area contributed by atoms with Crippen LogP contribution in [0.15, 0.2) is 10.5 Å². The Kier molecular flexibility index (Phi) is 3.25. The molecule has 0 atom stereocenters. The zero-order valence-corrected chi connectivity index (χ0v) is 12.3. The Morgan fingerprint density at radius 3 is 2.37 bits per heavy atom. The molecule has 1 aliphatic rings.